The van der Waals surface area contributed by atoms with Crippen molar-refractivity contribution in [1.82, 2.24) is 4.57 Å². The van der Waals surface area contributed by atoms with Crippen LogP contribution in [0.4, 0.5) is 0 Å². The lowest BCUT2D eigenvalue weighted by molar-refractivity contribution is 0.0964. The summed E-state index contributed by atoms with van der Waals surface area (Å²) in [4.78, 5) is 12.7. The van der Waals surface area contributed by atoms with Gasteiger partial charge >= 0.3 is 0 Å². The van der Waals surface area contributed by atoms with E-state index in [1.54, 1.807) is 37.1 Å². The molecule has 3 rings (SSSR count). The van der Waals surface area contributed by atoms with Crippen LogP contribution in [0.3, 0.4) is 0 Å². The first-order valence-corrected chi connectivity index (χ1v) is 7.02. The highest BCUT2D eigenvalue weighted by Gasteiger charge is 2.17. The van der Waals surface area contributed by atoms with Crippen molar-refractivity contribution >= 4 is 16.8 Å². The van der Waals surface area contributed by atoms with Crippen LogP contribution in [0.25, 0.3) is 10.9 Å². The number of methoxy groups -OCH3 is 2. The van der Waals surface area contributed by atoms with E-state index in [-0.39, 0.29) is 5.91 Å². The zero-order chi connectivity index (χ0) is 15.5. The molecular formula is C18H17NO3. The van der Waals surface area contributed by atoms with E-state index in [0.29, 0.717) is 17.9 Å². The summed E-state index contributed by atoms with van der Waals surface area (Å²) < 4.78 is 12.4. The monoisotopic (exact) mass is 295 g/mol. The molecule has 0 saturated carbocycles. The molecule has 0 fully saturated rings. The minimum absolute atomic E-state index is 0.0801. The molecule has 0 atom stereocenters. The molecule has 0 unspecified atom stereocenters. The molecule has 1 heterocycles. The Hall–Kier alpha value is -2.59. The highest BCUT2D eigenvalue weighted by atomic mass is 16.5. The number of nitrogens with zero attached hydrogens (tertiary/aromatic N) is 1. The zero-order valence-corrected chi connectivity index (χ0v) is 12.6. The molecule has 0 aliphatic heterocycles. The fourth-order valence-electron chi connectivity index (χ4n) is 2.63. The first-order valence-electron chi connectivity index (χ1n) is 7.02. The molecule has 112 valence electrons. The summed E-state index contributed by atoms with van der Waals surface area (Å²) in [5, 5.41) is 0.959. The summed E-state index contributed by atoms with van der Waals surface area (Å²) in [5.74, 6) is 0.595. The van der Waals surface area contributed by atoms with Gasteiger partial charge in [-0.1, -0.05) is 30.3 Å². The Kier molecular flexibility index (Phi) is 3.94. The Labute approximate surface area is 128 Å². The average Bonchev–Trinajstić information content (AvgIpc) is 2.99. The molecule has 0 bridgehead atoms. The van der Waals surface area contributed by atoms with Gasteiger partial charge in [-0.15, -0.1) is 0 Å². The smallest absolute Gasteiger partial charge is 0.262 e. The van der Waals surface area contributed by atoms with E-state index >= 15 is 0 Å². The minimum atomic E-state index is -0.0801. The fourth-order valence-corrected chi connectivity index (χ4v) is 2.63. The summed E-state index contributed by atoms with van der Waals surface area (Å²) in [5.41, 5.74) is 2.32. The number of rotatable bonds is 4. The van der Waals surface area contributed by atoms with Crippen LogP contribution in [0, 0.1) is 0 Å². The number of carbonyl (C=O) groups excluding carboxylic acids is 1. The van der Waals surface area contributed by atoms with E-state index in [2.05, 4.69) is 0 Å². The van der Waals surface area contributed by atoms with Crippen LogP contribution in [0.15, 0.2) is 54.7 Å². The van der Waals surface area contributed by atoms with Gasteiger partial charge in [-0.25, -0.2) is 0 Å². The summed E-state index contributed by atoms with van der Waals surface area (Å²) in [6, 6.07) is 15.1. The Bertz CT molecular complexity index is 806. The first kappa shape index (κ1) is 14.4. The summed E-state index contributed by atoms with van der Waals surface area (Å²) in [6.45, 7) is 0.434. The molecule has 0 N–H and O–H groups in total. The average molecular weight is 295 g/mol. The van der Waals surface area contributed by atoms with Crippen LogP contribution in [0.2, 0.25) is 0 Å². The van der Waals surface area contributed by atoms with E-state index in [1.807, 2.05) is 36.4 Å². The topological polar surface area (TPSA) is 40.5 Å². The van der Waals surface area contributed by atoms with Gasteiger partial charge in [0.05, 0.1) is 19.2 Å². The van der Waals surface area contributed by atoms with Gasteiger partial charge in [-0.3, -0.25) is 9.36 Å². The Morgan fingerprint density at radius 1 is 1.05 bits per heavy atom. The highest BCUT2D eigenvalue weighted by Crippen LogP contribution is 2.31. The molecule has 22 heavy (non-hydrogen) atoms. The highest BCUT2D eigenvalue weighted by molar-refractivity contribution is 6.04. The molecule has 2 aromatic carbocycles. The molecule has 0 amide bonds. The number of carbonyl (C=O) groups is 1. The quantitative estimate of drug-likeness (QED) is 0.740. The van der Waals surface area contributed by atoms with Crippen molar-refractivity contribution in [3.8, 4) is 5.75 Å². The van der Waals surface area contributed by atoms with Crippen molar-refractivity contribution in [1.29, 1.82) is 0 Å². The second-order valence-corrected chi connectivity index (χ2v) is 4.99. The maximum atomic E-state index is 12.7. The van der Waals surface area contributed by atoms with Gasteiger partial charge in [0.1, 0.15) is 5.75 Å². The van der Waals surface area contributed by atoms with E-state index in [9.17, 15) is 4.79 Å². The Balaban J connectivity index is 2.18. The van der Waals surface area contributed by atoms with Gasteiger partial charge < -0.3 is 9.47 Å². The number of fused-ring (bicyclic) bond motifs is 1. The second kappa shape index (κ2) is 6.03. The summed E-state index contributed by atoms with van der Waals surface area (Å²) in [6.07, 6.45) is 1.78. The molecule has 0 aliphatic carbocycles. The third-order valence-electron chi connectivity index (χ3n) is 3.63. The van der Waals surface area contributed by atoms with Crippen molar-refractivity contribution < 1.29 is 14.3 Å². The Morgan fingerprint density at radius 2 is 1.82 bits per heavy atom. The maximum absolute atomic E-state index is 12.7. The third-order valence-corrected chi connectivity index (χ3v) is 3.63. The van der Waals surface area contributed by atoms with Crippen LogP contribution >= 0.6 is 0 Å². The largest absolute Gasteiger partial charge is 0.494 e. The van der Waals surface area contributed by atoms with Crippen LogP contribution < -0.4 is 4.74 Å². The second-order valence-electron chi connectivity index (χ2n) is 4.99. The van der Waals surface area contributed by atoms with Crippen LogP contribution in [-0.4, -0.2) is 24.7 Å². The maximum Gasteiger partial charge on any atom is 0.262 e. The molecule has 1 aromatic heterocycles. The molecule has 0 radical (unpaired) electrons. The standard InChI is InChI=1S/C18H17NO3/c1-21-12-15-9-8-13-10-11-19(16(13)17(15)22-2)18(20)14-6-4-3-5-7-14/h3-11H,12H2,1-2H3. The normalized spacial score (nSPS) is 10.8. The Morgan fingerprint density at radius 3 is 2.50 bits per heavy atom. The van der Waals surface area contributed by atoms with E-state index in [4.69, 9.17) is 9.47 Å². The van der Waals surface area contributed by atoms with E-state index in [0.717, 1.165) is 16.5 Å². The van der Waals surface area contributed by atoms with Crippen molar-refractivity contribution in [2.45, 2.75) is 6.61 Å². The van der Waals surface area contributed by atoms with E-state index in [1.165, 1.54) is 0 Å². The van der Waals surface area contributed by atoms with Gasteiger partial charge in [0.15, 0.2) is 0 Å². The SMILES string of the molecule is COCc1ccc2ccn(C(=O)c3ccccc3)c2c1OC. The number of hydrogen-bond donors (Lipinski definition) is 0. The molecule has 0 saturated heterocycles. The minimum Gasteiger partial charge on any atom is -0.494 e. The van der Waals surface area contributed by atoms with Crippen LogP contribution in [0.1, 0.15) is 15.9 Å². The third kappa shape index (κ3) is 2.38. The van der Waals surface area contributed by atoms with E-state index < -0.39 is 0 Å². The molecule has 4 nitrogen and oxygen atoms in total. The van der Waals surface area contributed by atoms with Crippen LogP contribution in [-0.2, 0) is 11.3 Å². The van der Waals surface area contributed by atoms with Gasteiger partial charge in [0.25, 0.3) is 5.91 Å². The zero-order valence-electron chi connectivity index (χ0n) is 12.6. The summed E-state index contributed by atoms with van der Waals surface area (Å²) >= 11 is 0. The molecular weight excluding hydrogens is 278 g/mol. The molecule has 0 spiro atoms. The van der Waals surface area contributed by atoms with Crippen molar-refractivity contribution in [3.63, 3.8) is 0 Å². The molecule has 4 heteroatoms. The van der Waals surface area contributed by atoms with Gasteiger partial charge in [0, 0.05) is 29.8 Å². The predicted molar refractivity (Wildman–Crippen MR) is 85.4 cm³/mol. The number of benzene rings is 2. The molecule has 0 aliphatic rings. The van der Waals surface area contributed by atoms with Gasteiger partial charge in [-0.05, 0) is 18.2 Å². The van der Waals surface area contributed by atoms with Crippen molar-refractivity contribution in [3.05, 3.63) is 65.9 Å². The van der Waals surface area contributed by atoms with Crippen LogP contribution in [0.5, 0.6) is 5.75 Å². The number of aromatic nitrogens is 1. The number of ether oxygens (including phenoxy) is 2. The van der Waals surface area contributed by atoms with Crippen molar-refractivity contribution in [2.75, 3.05) is 14.2 Å². The molecule has 3 aromatic rings. The van der Waals surface area contributed by atoms with Gasteiger partial charge in [-0.2, -0.15) is 0 Å². The van der Waals surface area contributed by atoms with Crippen molar-refractivity contribution in [2.24, 2.45) is 0 Å². The number of hydrogen-bond acceptors (Lipinski definition) is 3. The predicted octanol–water partition coefficient (Wildman–Crippen LogP) is 3.48. The first-order chi connectivity index (χ1) is 10.8. The van der Waals surface area contributed by atoms with Gasteiger partial charge in [0.2, 0.25) is 0 Å². The lowest BCUT2D eigenvalue weighted by Crippen LogP contribution is -2.11. The fraction of sp³-hybridized carbons (Fsp3) is 0.167. The lowest BCUT2D eigenvalue weighted by Gasteiger charge is -2.12. The lowest BCUT2D eigenvalue weighted by atomic mass is 10.1. The summed E-state index contributed by atoms with van der Waals surface area (Å²) in [7, 11) is 3.25.